The number of rotatable bonds is 3. The van der Waals surface area contributed by atoms with Crippen LogP contribution < -0.4 is 4.74 Å². The van der Waals surface area contributed by atoms with Crippen LogP contribution in [0.2, 0.25) is 0 Å². The maximum atomic E-state index is 12.2. The van der Waals surface area contributed by atoms with Crippen molar-refractivity contribution < 1.29 is 17.9 Å². The fourth-order valence-corrected chi connectivity index (χ4v) is 1.61. The molecule has 0 saturated carbocycles. The van der Waals surface area contributed by atoms with Gasteiger partial charge in [0.25, 0.3) is 0 Å². The van der Waals surface area contributed by atoms with E-state index in [2.05, 4.69) is 20.9 Å². The molecule has 17 heavy (non-hydrogen) atoms. The first kappa shape index (κ1) is 14.3. The molecule has 0 radical (unpaired) electrons. The fraction of sp³-hybridized carbons (Fsp3) is 0.300. The van der Waals surface area contributed by atoms with E-state index >= 15 is 0 Å². The summed E-state index contributed by atoms with van der Waals surface area (Å²) in [5, 5.41) is -1.05. The molecule has 0 amide bonds. The minimum absolute atomic E-state index is 0.157. The molecule has 1 aromatic carbocycles. The summed E-state index contributed by atoms with van der Waals surface area (Å²) in [6, 6.07) is 4.53. The van der Waals surface area contributed by atoms with E-state index in [0.29, 0.717) is 16.6 Å². The minimum atomic E-state index is -4.63. The second kappa shape index (κ2) is 5.73. The van der Waals surface area contributed by atoms with Gasteiger partial charge >= 0.3 is 6.18 Å². The molecule has 0 atom stereocenters. The molecule has 0 heterocycles. The zero-order valence-electron chi connectivity index (χ0n) is 8.68. The van der Waals surface area contributed by atoms with Gasteiger partial charge in [-0.2, -0.15) is 13.2 Å². The molecule has 0 aliphatic rings. The third kappa shape index (κ3) is 3.89. The Labute approximate surface area is 110 Å². The van der Waals surface area contributed by atoms with Gasteiger partial charge in [0.15, 0.2) is 0 Å². The van der Waals surface area contributed by atoms with Crippen molar-refractivity contribution in [1.82, 2.24) is 0 Å². The summed E-state index contributed by atoms with van der Waals surface area (Å²) in [6.07, 6.45) is -4.63. The smallest absolute Gasteiger partial charge is 0.444 e. The van der Waals surface area contributed by atoms with Gasteiger partial charge in [0.05, 0.1) is 12.8 Å². The molecule has 7 heteroatoms. The van der Waals surface area contributed by atoms with Crippen LogP contribution in [0, 0.1) is 0 Å². The van der Waals surface area contributed by atoms with Crippen LogP contribution in [0.25, 0.3) is 0 Å². The average Bonchev–Trinajstić information content (AvgIpc) is 2.28. The largest absolute Gasteiger partial charge is 0.497 e. The molecule has 0 spiro atoms. The highest BCUT2D eigenvalue weighted by atomic mass is 79.9. The van der Waals surface area contributed by atoms with Gasteiger partial charge in [-0.3, -0.25) is 0 Å². The summed E-state index contributed by atoms with van der Waals surface area (Å²) in [5.74, 6) is 0.543. The summed E-state index contributed by atoms with van der Waals surface area (Å²) in [5.41, 5.74) is 0.719. The van der Waals surface area contributed by atoms with E-state index in [1.54, 1.807) is 6.07 Å². The summed E-state index contributed by atoms with van der Waals surface area (Å²) in [4.78, 5) is 3.35. The number of hydrogen-bond donors (Lipinski definition) is 0. The number of nitrogens with zero attached hydrogens (tertiary/aromatic N) is 1. The highest BCUT2D eigenvalue weighted by Crippen LogP contribution is 2.29. The molecule has 0 aliphatic heterocycles. The zero-order valence-corrected chi connectivity index (χ0v) is 11.0. The Hall–Kier alpha value is -0.750. The Kier molecular flexibility index (Phi) is 4.82. The number of benzene rings is 1. The number of methoxy groups -OCH3 is 1. The first-order valence-corrected chi connectivity index (χ1v) is 5.92. The Bertz CT molecular complexity index is 434. The van der Waals surface area contributed by atoms with Crippen LogP contribution in [0.1, 0.15) is 5.56 Å². The van der Waals surface area contributed by atoms with Crippen molar-refractivity contribution in [3.63, 3.8) is 0 Å². The molecule has 0 unspecified atom stereocenters. The molecule has 2 nitrogen and oxygen atoms in total. The molecule has 1 rings (SSSR count). The fourth-order valence-electron chi connectivity index (χ4n) is 1.07. The second-order valence-corrected chi connectivity index (χ2v) is 3.95. The van der Waals surface area contributed by atoms with E-state index < -0.39 is 11.3 Å². The number of hydrogen-bond acceptors (Lipinski definition) is 2. The first-order chi connectivity index (χ1) is 7.88. The molecule has 0 bridgehead atoms. The van der Waals surface area contributed by atoms with Gasteiger partial charge in [-0.25, -0.2) is 4.99 Å². The average molecular weight is 331 g/mol. The van der Waals surface area contributed by atoms with Crippen molar-refractivity contribution in [3.8, 4) is 5.75 Å². The number of alkyl halides is 4. The van der Waals surface area contributed by atoms with E-state index in [1.165, 1.54) is 19.2 Å². The van der Waals surface area contributed by atoms with Gasteiger partial charge in [-0.15, -0.1) is 0 Å². The lowest BCUT2D eigenvalue weighted by atomic mass is 10.2. The third-order valence-corrected chi connectivity index (χ3v) is 2.79. The van der Waals surface area contributed by atoms with Gasteiger partial charge in [-0.05, 0) is 23.8 Å². The topological polar surface area (TPSA) is 21.6 Å². The van der Waals surface area contributed by atoms with Gasteiger partial charge < -0.3 is 4.74 Å². The Morgan fingerprint density at radius 2 is 2.12 bits per heavy atom. The predicted octanol–water partition coefficient (Wildman–Crippen LogP) is 4.42. The van der Waals surface area contributed by atoms with Crippen molar-refractivity contribution >= 4 is 38.4 Å². The van der Waals surface area contributed by atoms with E-state index in [9.17, 15) is 13.2 Å². The van der Waals surface area contributed by atoms with Crippen molar-refractivity contribution in [2.24, 2.45) is 4.99 Å². The summed E-state index contributed by atoms with van der Waals surface area (Å²) in [7, 11) is 1.47. The van der Waals surface area contributed by atoms with Crippen molar-refractivity contribution in [3.05, 3.63) is 23.8 Å². The number of ether oxygens (including phenoxy) is 1. The molecular weight excluding hydrogens is 322 g/mol. The summed E-state index contributed by atoms with van der Waals surface area (Å²) >= 11 is 8.24. The van der Waals surface area contributed by atoms with Crippen LogP contribution in [0.5, 0.6) is 5.75 Å². The molecule has 0 aliphatic carbocycles. The Morgan fingerprint density at radius 3 is 2.59 bits per heavy atom. The maximum absolute atomic E-state index is 12.2. The van der Waals surface area contributed by atoms with Crippen LogP contribution in [0.3, 0.4) is 0 Å². The van der Waals surface area contributed by atoms with E-state index in [4.69, 9.17) is 16.3 Å². The standard InChI is InChI=1S/C10H8BrClF3NO/c1-17-7-2-3-8(6(4-7)5-11)16-9(12)10(13,14)15/h2-4H,5H2,1H3. The lowest BCUT2D eigenvalue weighted by molar-refractivity contribution is -0.0558. The number of aliphatic imine (C=N–C) groups is 1. The molecular formula is C10H8BrClF3NO. The Morgan fingerprint density at radius 1 is 1.47 bits per heavy atom. The summed E-state index contributed by atoms with van der Waals surface area (Å²) in [6.45, 7) is 0. The van der Waals surface area contributed by atoms with E-state index in [0.717, 1.165) is 0 Å². The minimum Gasteiger partial charge on any atom is -0.497 e. The maximum Gasteiger partial charge on any atom is 0.444 e. The number of halogens is 5. The van der Waals surface area contributed by atoms with Crippen LogP contribution in [-0.2, 0) is 5.33 Å². The molecule has 0 fully saturated rings. The van der Waals surface area contributed by atoms with Crippen molar-refractivity contribution in [1.29, 1.82) is 0 Å². The molecule has 0 aromatic heterocycles. The van der Waals surface area contributed by atoms with Crippen molar-refractivity contribution in [2.45, 2.75) is 11.5 Å². The Balaban J connectivity index is 3.15. The normalized spacial score (nSPS) is 12.7. The highest BCUT2D eigenvalue weighted by molar-refractivity contribution is 9.08. The van der Waals surface area contributed by atoms with Crippen LogP contribution >= 0.6 is 27.5 Å². The lowest BCUT2D eigenvalue weighted by Gasteiger charge is -2.07. The first-order valence-electron chi connectivity index (χ1n) is 4.42. The van der Waals surface area contributed by atoms with Crippen LogP contribution in [0.4, 0.5) is 18.9 Å². The lowest BCUT2D eigenvalue weighted by Crippen LogP contribution is -2.16. The summed E-state index contributed by atoms with van der Waals surface area (Å²) < 4.78 is 41.6. The van der Waals surface area contributed by atoms with Gasteiger partial charge in [0, 0.05) is 5.33 Å². The van der Waals surface area contributed by atoms with E-state index in [-0.39, 0.29) is 5.69 Å². The van der Waals surface area contributed by atoms with Crippen LogP contribution in [-0.4, -0.2) is 18.5 Å². The van der Waals surface area contributed by atoms with Crippen LogP contribution in [0.15, 0.2) is 23.2 Å². The monoisotopic (exact) mass is 329 g/mol. The van der Waals surface area contributed by atoms with Crippen molar-refractivity contribution in [2.75, 3.05) is 7.11 Å². The molecule has 94 valence electrons. The molecule has 1 aromatic rings. The highest BCUT2D eigenvalue weighted by Gasteiger charge is 2.34. The molecule has 0 saturated heterocycles. The van der Waals surface area contributed by atoms with Gasteiger partial charge in [0.1, 0.15) is 5.75 Å². The third-order valence-electron chi connectivity index (χ3n) is 1.88. The van der Waals surface area contributed by atoms with Gasteiger partial charge in [0.2, 0.25) is 5.17 Å². The molecule has 0 N–H and O–H groups in total. The second-order valence-electron chi connectivity index (χ2n) is 3.03. The van der Waals surface area contributed by atoms with E-state index in [1.807, 2.05) is 0 Å². The van der Waals surface area contributed by atoms with Gasteiger partial charge in [-0.1, -0.05) is 27.5 Å². The predicted molar refractivity (Wildman–Crippen MR) is 64.6 cm³/mol. The quantitative estimate of drug-likeness (QED) is 0.594. The zero-order chi connectivity index (χ0) is 13.1. The SMILES string of the molecule is COc1ccc(N=C(Cl)C(F)(F)F)c(CBr)c1.